The van der Waals surface area contributed by atoms with Crippen LogP contribution in [0.3, 0.4) is 0 Å². The fourth-order valence-electron chi connectivity index (χ4n) is 1.74. The van der Waals surface area contributed by atoms with Gasteiger partial charge in [-0.05, 0) is 53.5 Å². The lowest BCUT2D eigenvalue weighted by Crippen LogP contribution is -2.20. The summed E-state index contributed by atoms with van der Waals surface area (Å²) in [5, 5.41) is 3.10. The zero-order chi connectivity index (χ0) is 17.7. The minimum atomic E-state index is -0.560. The van der Waals surface area contributed by atoms with Gasteiger partial charge in [0.1, 0.15) is 9.75 Å². The molecule has 0 unspecified atom stereocenters. The number of hydrogen-bond acceptors (Lipinski definition) is 7. The number of thiophene rings is 2. The fraction of sp³-hybridized carbons (Fsp3) is 0.267. The minimum absolute atomic E-state index is 0.284. The summed E-state index contributed by atoms with van der Waals surface area (Å²) in [6, 6.07) is 5.02. The van der Waals surface area contributed by atoms with Crippen molar-refractivity contribution < 1.29 is 23.9 Å². The minimum Gasteiger partial charge on any atom is -0.462 e. The van der Waals surface area contributed by atoms with E-state index in [2.05, 4.69) is 21.2 Å². The maximum absolute atomic E-state index is 11.9. The first-order chi connectivity index (χ1) is 11.4. The second kappa shape index (κ2) is 8.41. The van der Waals surface area contributed by atoms with Crippen LogP contribution in [0.4, 0.5) is 5.00 Å². The van der Waals surface area contributed by atoms with Gasteiger partial charge in [0.15, 0.2) is 6.61 Å². The molecule has 1 amide bonds. The maximum atomic E-state index is 11.9. The number of esters is 2. The van der Waals surface area contributed by atoms with E-state index in [1.165, 1.54) is 11.3 Å². The van der Waals surface area contributed by atoms with Crippen molar-refractivity contribution in [2.45, 2.75) is 13.8 Å². The highest BCUT2D eigenvalue weighted by atomic mass is 79.9. The van der Waals surface area contributed by atoms with Crippen molar-refractivity contribution in [1.82, 2.24) is 0 Å². The van der Waals surface area contributed by atoms with Gasteiger partial charge in [0, 0.05) is 0 Å². The summed E-state index contributed by atoms with van der Waals surface area (Å²) in [5.41, 5.74) is 0.717. The topological polar surface area (TPSA) is 81.7 Å². The van der Waals surface area contributed by atoms with Gasteiger partial charge in [-0.1, -0.05) is 0 Å². The summed E-state index contributed by atoms with van der Waals surface area (Å²) in [7, 11) is 0. The molecule has 0 saturated carbocycles. The number of halogens is 1. The van der Waals surface area contributed by atoms with Crippen molar-refractivity contribution in [1.29, 1.82) is 0 Å². The fourth-order valence-corrected chi connectivity index (χ4v) is 4.01. The molecule has 2 rings (SSSR count). The van der Waals surface area contributed by atoms with Crippen molar-refractivity contribution >= 4 is 61.5 Å². The third-order valence-electron chi connectivity index (χ3n) is 2.75. The number of rotatable bonds is 6. The van der Waals surface area contributed by atoms with E-state index in [0.717, 1.165) is 15.1 Å². The quantitative estimate of drug-likeness (QED) is 0.702. The van der Waals surface area contributed by atoms with Crippen LogP contribution in [0.15, 0.2) is 22.0 Å². The molecule has 2 heterocycles. The van der Waals surface area contributed by atoms with E-state index >= 15 is 0 Å². The van der Waals surface area contributed by atoms with E-state index < -0.39 is 24.5 Å². The molecule has 0 aliphatic heterocycles. The summed E-state index contributed by atoms with van der Waals surface area (Å²) in [6.07, 6.45) is 0. The molecule has 2 aromatic rings. The maximum Gasteiger partial charge on any atom is 0.348 e. The molecule has 0 aliphatic carbocycles. The Balaban J connectivity index is 1.89. The highest BCUT2D eigenvalue weighted by Gasteiger charge is 2.17. The monoisotopic (exact) mass is 431 g/mol. The molecule has 0 radical (unpaired) electrons. The summed E-state index contributed by atoms with van der Waals surface area (Å²) in [5.74, 6) is -1.46. The Hall–Kier alpha value is -1.71. The smallest absolute Gasteiger partial charge is 0.348 e. The lowest BCUT2D eigenvalue weighted by Gasteiger charge is -2.03. The molecule has 9 heteroatoms. The molecule has 0 spiro atoms. The second-order valence-corrected chi connectivity index (χ2v) is 8.09. The van der Waals surface area contributed by atoms with Crippen LogP contribution in [-0.4, -0.2) is 31.1 Å². The average Bonchev–Trinajstić information content (AvgIpc) is 3.11. The van der Waals surface area contributed by atoms with E-state index in [1.54, 1.807) is 32.0 Å². The standard InChI is InChI=1S/C15H14BrNO5S2/c1-3-21-15(20)13-8(2)6-12(24-13)17-11(18)7-22-14(19)9-4-5-10(16)23-9/h4-6H,3,7H2,1-2H3,(H,17,18). The largest absolute Gasteiger partial charge is 0.462 e. The normalized spacial score (nSPS) is 10.3. The van der Waals surface area contributed by atoms with E-state index in [1.807, 2.05) is 0 Å². The van der Waals surface area contributed by atoms with E-state index in [0.29, 0.717) is 20.3 Å². The number of anilines is 1. The summed E-state index contributed by atoms with van der Waals surface area (Å²) < 4.78 is 10.7. The van der Waals surface area contributed by atoms with E-state index in [-0.39, 0.29) is 6.61 Å². The molecule has 0 aliphatic rings. The number of aryl methyl sites for hydroxylation is 1. The molecule has 0 atom stereocenters. The summed E-state index contributed by atoms with van der Waals surface area (Å²) in [6.45, 7) is 3.36. The Morgan fingerprint density at radius 2 is 1.92 bits per heavy atom. The molecule has 0 bridgehead atoms. The molecule has 1 N–H and O–H groups in total. The zero-order valence-corrected chi connectivity index (χ0v) is 16.1. The number of amides is 1. The van der Waals surface area contributed by atoms with Crippen LogP contribution in [0.25, 0.3) is 0 Å². The third-order valence-corrected chi connectivity index (χ3v) is 5.49. The zero-order valence-electron chi connectivity index (χ0n) is 12.9. The van der Waals surface area contributed by atoms with Crippen molar-refractivity contribution in [2.75, 3.05) is 18.5 Å². The van der Waals surface area contributed by atoms with Gasteiger partial charge < -0.3 is 14.8 Å². The van der Waals surface area contributed by atoms with Gasteiger partial charge in [-0.2, -0.15) is 0 Å². The first-order valence-electron chi connectivity index (χ1n) is 6.90. The van der Waals surface area contributed by atoms with Gasteiger partial charge in [0.2, 0.25) is 0 Å². The number of ether oxygens (including phenoxy) is 2. The number of nitrogens with one attached hydrogen (secondary N) is 1. The molecule has 6 nitrogen and oxygen atoms in total. The van der Waals surface area contributed by atoms with Crippen LogP contribution in [0.2, 0.25) is 0 Å². The van der Waals surface area contributed by atoms with Crippen LogP contribution in [0.1, 0.15) is 31.8 Å². The predicted molar refractivity (Wildman–Crippen MR) is 95.9 cm³/mol. The Kier molecular flexibility index (Phi) is 6.52. The molecule has 0 aromatic carbocycles. The van der Waals surface area contributed by atoms with Gasteiger partial charge in [-0.3, -0.25) is 4.79 Å². The van der Waals surface area contributed by atoms with Crippen LogP contribution < -0.4 is 5.32 Å². The van der Waals surface area contributed by atoms with E-state index in [9.17, 15) is 14.4 Å². The Bertz CT molecular complexity index is 768. The van der Waals surface area contributed by atoms with Crippen molar-refractivity contribution in [3.63, 3.8) is 0 Å². The second-order valence-electron chi connectivity index (χ2n) is 4.57. The lowest BCUT2D eigenvalue weighted by atomic mass is 10.3. The van der Waals surface area contributed by atoms with Crippen LogP contribution in [0.5, 0.6) is 0 Å². The number of carbonyl (C=O) groups is 3. The Morgan fingerprint density at radius 3 is 2.54 bits per heavy atom. The van der Waals surface area contributed by atoms with Gasteiger partial charge in [0.05, 0.1) is 15.4 Å². The third kappa shape index (κ3) is 4.89. The Morgan fingerprint density at radius 1 is 1.17 bits per heavy atom. The molecular weight excluding hydrogens is 418 g/mol. The molecule has 128 valence electrons. The summed E-state index contributed by atoms with van der Waals surface area (Å²) >= 11 is 5.60. The van der Waals surface area contributed by atoms with Gasteiger partial charge in [-0.15, -0.1) is 22.7 Å². The van der Waals surface area contributed by atoms with Gasteiger partial charge >= 0.3 is 11.9 Å². The van der Waals surface area contributed by atoms with Crippen molar-refractivity contribution in [2.24, 2.45) is 0 Å². The molecular formula is C15H14BrNO5S2. The molecule has 0 fully saturated rings. The molecule has 0 saturated heterocycles. The summed E-state index contributed by atoms with van der Waals surface area (Å²) in [4.78, 5) is 36.2. The average molecular weight is 432 g/mol. The van der Waals surface area contributed by atoms with Crippen LogP contribution in [-0.2, 0) is 14.3 Å². The van der Waals surface area contributed by atoms with Crippen molar-refractivity contribution in [3.8, 4) is 0 Å². The van der Waals surface area contributed by atoms with Crippen LogP contribution >= 0.6 is 38.6 Å². The first-order valence-corrected chi connectivity index (χ1v) is 9.33. The SMILES string of the molecule is CCOC(=O)c1sc(NC(=O)COC(=O)c2ccc(Br)s2)cc1C. The van der Waals surface area contributed by atoms with Crippen LogP contribution in [0, 0.1) is 6.92 Å². The number of carbonyl (C=O) groups excluding carboxylic acids is 3. The molecule has 2 aromatic heterocycles. The van der Waals surface area contributed by atoms with E-state index in [4.69, 9.17) is 9.47 Å². The first kappa shape index (κ1) is 18.6. The highest BCUT2D eigenvalue weighted by molar-refractivity contribution is 9.11. The molecule has 24 heavy (non-hydrogen) atoms. The van der Waals surface area contributed by atoms with Gasteiger partial charge in [0.25, 0.3) is 5.91 Å². The Labute approximate surface area is 154 Å². The highest BCUT2D eigenvalue weighted by Crippen LogP contribution is 2.27. The van der Waals surface area contributed by atoms with Gasteiger partial charge in [-0.25, -0.2) is 9.59 Å². The number of hydrogen-bond donors (Lipinski definition) is 1. The lowest BCUT2D eigenvalue weighted by molar-refractivity contribution is -0.119. The van der Waals surface area contributed by atoms with Crippen molar-refractivity contribution in [3.05, 3.63) is 37.3 Å². The predicted octanol–water partition coefficient (Wildman–Crippen LogP) is 3.85.